The molecular formula is C17H29N3O. The quantitative estimate of drug-likeness (QED) is 0.923. The minimum atomic E-state index is -0.0777. The molecule has 1 heterocycles. The predicted octanol–water partition coefficient (Wildman–Crippen LogP) is 3.67. The summed E-state index contributed by atoms with van der Waals surface area (Å²) in [5, 5.41) is 12.0. The topological polar surface area (TPSA) is 51.0 Å². The van der Waals surface area contributed by atoms with Gasteiger partial charge in [0.15, 0.2) is 0 Å². The fourth-order valence-electron chi connectivity index (χ4n) is 4.35. The molecule has 2 bridgehead atoms. The van der Waals surface area contributed by atoms with Crippen molar-refractivity contribution in [1.82, 2.24) is 15.5 Å². The lowest BCUT2D eigenvalue weighted by molar-refractivity contribution is 0.119. The van der Waals surface area contributed by atoms with Gasteiger partial charge in [-0.3, -0.25) is 0 Å². The summed E-state index contributed by atoms with van der Waals surface area (Å²) in [7, 11) is 0. The van der Waals surface area contributed by atoms with Gasteiger partial charge in [-0.05, 0) is 36.0 Å². The van der Waals surface area contributed by atoms with E-state index in [9.17, 15) is 0 Å². The van der Waals surface area contributed by atoms with Crippen LogP contribution >= 0.6 is 0 Å². The highest BCUT2D eigenvalue weighted by atomic mass is 16.4. The Kier molecular flexibility index (Phi) is 3.25. The van der Waals surface area contributed by atoms with Crippen LogP contribution in [0.25, 0.3) is 0 Å². The monoisotopic (exact) mass is 291 g/mol. The van der Waals surface area contributed by atoms with Crippen molar-refractivity contribution in [3.63, 3.8) is 0 Å². The summed E-state index contributed by atoms with van der Waals surface area (Å²) in [5.41, 5.74) is 0.756. The highest BCUT2D eigenvalue weighted by Crippen LogP contribution is 2.65. The first-order valence-corrected chi connectivity index (χ1v) is 8.21. The predicted molar refractivity (Wildman–Crippen MR) is 82.9 cm³/mol. The van der Waals surface area contributed by atoms with Gasteiger partial charge in [0.2, 0.25) is 11.8 Å². The van der Waals surface area contributed by atoms with E-state index in [0.717, 1.165) is 11.8 Å². The highest BCUT2D eigenvalue weighted by Gasteiger charge is 2.61. The molecule has 21 heavy (non-hydrogen) atoms. The largest absolute Gasteiger partial charge is 0.423 e. The average Bonchev–Trinajstić information content (AvgIpc) is 2.97. The third kappa shape index (κ3) is 2.23. The normalized spacial score (nSPS) is 34.6. The van der Waals surface area contributed by atoms with Gasteiger partial charge in [0, 0.05) is 11.5 Å². The number of hydrogen-bond acceptors (Lipinski definition) is 4. The van der Waals surface area contributed by atoms with Gasteiger partial charge < -0.3 is 9.73 Å². The zero-order chi connectivity index (χ0) is 15.5. The lowest BCUT2D eigenvalue weighted by Crippen LogP contribution is -2.44. The molecule has 2 saturated carbocycles. The number of aromatic nitrogens is 2. The number of fused-ring (bicyclic) bond motifs is 2. The number of nitrogens with one attached hydrogen (secondary N) is 1. The molecule has 1 aromatic heterocycles. The zero-order valence-corrected chi connectivity index (χ0v) is 14.3. The molecule has 3 rings (SSSR count). The van der Waals surface area contributed by atoms with Gasteiger partial charge in [0.1, 0.15) is 0 Å². The Balaban J connectivity index is 1.66. The van der Waals surface area contributed by atoms with E-state index in [1.54, 1.807) is 0 Å². The Bertz CT molecular complexity index is 528. The molecule has 1 N–H and O–H groups in total. The van der Waals surface area contributed by atoms with Crippen molar-refractivity contribution >= 4 is 0 Å². The Labute approximate surface area is 128 Å². The molecule has 0 spiro atoms. The summed E-state index contributed by atoms with van der Waals surface area (Å²) in [5.74, 6) is 2.29. The number of nitrogens with zero attached hydrogens (tertiary/aromatic N) is 2. The fraction of sp³-hybridized carbons (Fsp3) is 0.882. The maximum absolute atomic E-state index is 5.79. The number of rotatable bonds is 3. The lowest BCUT2D eigenvalue weighted by Gasteiger charge is -2.39. The molecule has 2 aliphatic rings. The summed E-state index contributed by atoms with van der Waals surface area (Å²) in [4.78, 5) is 0. The van der Waals surface area contributed by atoms with E-state index in [1.165, 1.54) is 19.3 Å². The van der Waals surface area contributed by atoms with Crippen molar-refractivity contribution in [1.29, 1.82) is 0 Å². The summed E-state index contributed by atoms with van der Waals surface area (Å²) in [6.45, 7) is 14.3. The minimum Gasteiger partial charge on any atom is -0.423 e. The van der Waals surface area contributed by atoms with Crippen LogP contribution in [0.3, 0.4) is 0 Å². The highest BCUT2D eigenvalue weighted by molar-refractivity contribution is 5.13. The SMILES string of the molecule is CC(C)(C)c1nnc(CN[C@@H]2C[C@H]3CC[C@@]2(C)C3(C)C)o1. The first-order valence-electron chi connectivity index (χ1n) is 8.21. The third-order valence-corrected chi connectivity index (χ3v) is 6.40. The van der Waals surface area contributed by atoms with Crippen LogP contribution in [-0.2, 0) is 12.0 Å². The molecule has 2 aliphatic carbocycles. The van der Waals surface area contributed by atoms with E-state index in [2.05, 4.69) is 57.1 Å². The van der Waals surface area contributed by atoms with E-state index in [1.807, 2.05) is 0 Å². The first kappa shape index (κ1) is 15.0. The van der Waals surface area contributed by atoms with E-state index >= 15 is 0 Å². The van der Waals surface area contributed by atoms with Gasteiger partial charge in [-0.2, -0.15) is 0 Å². The molecule has 0 aromatic carbocycles. The second-order valence-electron chi connectivity index (χ2n) is 8.79. The van der Waals surface area contributed by atoms with Gasteiger partial charge in [-0.15, -0.1) is 10.2 Å². The molecule has 118 valence electrons. The maximum Gasteiger partial charge on any atom is 0.230 e. The Morgan fingerprint density at radius 2 is 1.95 bits per heavy atom. The molecule has 4 heteroatoms. The molecule has 0 saturated heterocycles. The average molecular weight is 291 g/mol. The molecule has 0 aliphatic heterocycles. The zero-order valence-electron chi connectivity index (χ0n) is 14.3. The van der Waals surface area contributed by atoms with Crippen LogP contribution < -0.4 is 5.32 Å². The van der Waals surface area contributed by atoms with Crippen LogP contribution in [-0.4, -0.2) is 16.2 Å². The van der Waals surface area contributed by atoms with E-state index < -0.39 is 0 Å². The van der Waals surface area contributed by atoms with Crippen molar-refractivity contribution < 1.29 is 4.42 Å². The molecule has 0 radical (unpaired) electrons. The molecule has 1 aromatic rings. The van der Waals surface area contributed by atoms with Gasteiger partial charge in [-0.25, -0.2) is 0 Å². The van der Waals surface area contributed by atoms with Crippen LogP contribution in [0.1, 0.15) is 72.6 Å². The van der Waals surface area contributed by atoms with E-state index in [-0.39, 0.29) is 5.41 Å². The smallest absolute Gasteiger partial charge is 0.230 e. The third-order valence-electron chi connectivity index (χ3n) is 6.40. The molecule has 3 atom stereocenters. The summed E-state index contributed by atoms with van der Waals surface area (Å²) in [6.07, 6.45) is 4.00. The molecule has 0 amide bonds. The van der Waals surface area contributed by atoms with Crippen molar-refractivity contribution in [3.05, 3.63) is 11.8 Å². The Morgan fingerprint density at radius 1 is 1.24 bits per heavy atom. The number of hydrogen-bond donors (Lipinski definition) is 1. The van der Waals surface area contributed by atoms with Gasteiger partial charge in [-0.1, -0.05) is 41.5 Å². The molecule has 2 fully saturated rings. The second kappa shape index (κ2) is 4.55. The van der Waals surface area contributed by atoms with Crippen molar-refractivity contribution in [2.75, 3.05) is 0 Å². The van der Waals surface area contributed by atoms with Crippen LogP contribution in [0.2, 0.25) is 0 Å². The van der Waals surface area contributed by atoms with Gasteiger partial charge in [0.05, 0.1) is 6.54 Å². The minimum absolute atomic E-state index is 0.0777. The van der Waals surface area contributed by atoms with Crippen molar-refractivity contribution in [2.45, 2.75) is 78.8 Å². The van der Waals surface area contributed by atoms with Gasteiger partial charge >= 0.3 is 0 Å². The maximum atomic E-state index is 5.79. The van der Waals surface area contributed by atoms with Crippen molar-refractivity contribution in [2.24, 2.45) is 16.7 Å². The summed E-state index contributed by atoms with van der Waals surface area (Å²) < 4.78 is 5.79. The summed E-state index contributed by atoms with van der Waals surface area (Å²) in [6, 6.07) is 0.566. The molecular weight excluding hydrogens is 262 g/mol. The molecule has 4 nitrogen and oxygen atoms in total. The van der Waals surface area contributed by atoms with Crippen LogP contribution in [0.4, 0.5) is 0 Å². The summed E-state index contributed by atoms with van der Waals surface area (Å²) >= 11 is 0. The van der Waals surface area contributed by atoms with E-state index in [0.29, 0.717) is 29.3 Å². The Morgan fingerprint density at radius 3 is 2.43 bits per heavy atom. The lowest BCUT2D eigenvalue weighted by atomic mass is 9.69. The molecule has 0 unspecified atom stereocenters. The van der Waals surface area contributed by atoms with Crippen LogP contribution in [0.5, 0.6) is 0 Å². The van der Waals surface area contributed by atoms with Crippen LogP contribution in [0.15, 0.2) is 4.42 Å². The fourth-order valence-corrected chi connectivity index (χ4v) is 4.35. The Hall–Kier alpha value is -0.900. The van der Waals surface area contributed by atoms with Gasteiger partial charge in [0.25, 0.3) is 0 Å². The van der Waals surface area contributed by atoms with Crippen LogP contribution in [0, 0.1) is 16.7 Å². The second-order valence-corrected chi connectivity index (χ2v) is 8.79. The standard InChI is InChI=1S/C17H29N3O/c1-15(2,3)14-20-19-13(21-14)10-18-12-9-11-7-8-17(12,6)16(11,4)5/h11-12,18H,7-10H2,1-6H3/t11-,12-,17-/m1/s1. The van der Waals surface area contributed by atoms with Crippen molar-refractivity contribution in [3.8, 4) is 0 Å². The van der Waals surface area contributed by atoms with E-state index in [4.69, 9.17) is 4.42 Å². The first-order chi connectivity index (χ1) is 9.64.